The summed E-state index contributed by atoms with van der Waals surface area (Å²) in [6.45, 7) is 0. The summed E-state index contributed by atoms with van der Waals surface area (Å²) in [6.07, 6.45) is -0.171. The van der Waals surface area contributed by atoms with Gasteiger partial charge in [-0.05, 0) is 24.1 Å². The van der Waals surface area contributed by atoms with Gasteiger partial charge in [0.2, 0.25) is 0 Å². The molecule has 0 atom stereocenters. The van der Waals surface area contributed by atoms with Crippen LogP contribution in [0.5, 0.6) is 0 Å². The molecular weight excluding hydrogens is 217 g/mol. The number of halogens is 3. The largest absolute Gasteiger partial charge is 0.302 e. The summed E-state index contributed by atoms with van der Waals surface area (Å²) in [6, 6.07) is 2.93. The standard InChI is InChI=1S/C8H7F3O2S/c9-7-2-1-6(5-8(7)10)3-4-14(11,12)13/h1-2,5H,3-4H2. The van der Waals surface area contributed by atoms with Gasteiger partial charge in [0.05, 0.1) is 5.75 Å². The van der Waals surface area contributed by atoms with Gasteiger partial charge in [0.1, 0.15) is 0 Å². The number of benzene rings is 1. The maximum absolute atomic E-state index is 12.6. The number of hydrogen-bond acceptors (Lipinski definition) is 2. The molecule has 0 heterocycles. The predicted molar refractivity (Wildman–Crippen MR) is 45.0 cm³/mol. The molecule has 0 unspecified atom stereocenters. The van der Waals surface area contributed by atoms with E-state index in [-0.39, 0.29) is 12.0 Å². The van der Waals surface area contributed by atoms with Crippen LogP contribution in [-0.4, -0.2) is 14.2 Å². The third-order valence-corrected chi connectivity index (χ3v) is 2.31. The summed E-state index contributed by atoms with van der Waals surface area (Å²) < 4.78 is 57.3. The molecule has 0 radical (unpaired) electrons. The molecule has 6 heteroatoms. The summed E-state index contributed by atoms with van der Waals surface area (Å²) in [5.41, 5.74) is 0.241. The summed E-state index contributed by atoms with van der Waals surface area (Å²) in [5.74, 6) is -2.81. The van der Waals surface area contributed by atoms with Crippen LogP contribution >= 0.6 is 0 Å². The van der Waals surface area contributed by atoms with Crippen molar-refractivity contribution in [3.8, 4) is 0 Å². The van der Waals surface area contributed by atoms with Crippen LogP contribution in [0.2, 0.25) is 0 Å². The van der Waals surface area contributed by atoms with Crippen LogP contribution in [0.15, 0.2) is 18.2 Å². The molecule has 78 valence electrons. The van der Waals surface area contributed by atoms with E-state index in [0.29, 0.717) is 0 Å². The average molecular weight is 224 g/mol. The first-order valence-corrected chi connectivity index (χ1v) is 5.30. The Hall–Kier alpha value is -1.04. The molecule has 0 saturated carbocycles. The third-order valence-electron chi connectivity index (χ3n) is 1.62. The highest BCUT2D eigenvalue weighted by Crippen LogP contribution is 2.10. The molecule has 0 aliphatic heterocycles. The molecule has 0 fully saturated rings. The van der Waals surface area contributed by atoms with Gasteiger partial charge in [0.15, 0.2) is 11.6 Å². The lowest BCUT2D eigenvalue weighted by Crippen LogP contribution is -2.02. The fraction of sp³-hybridized carbons (Fsp3) is 0.250. The van der Waals surface area contributed by atoms with E-state index in [2.05, 4.69) is 0 Å². The van der Waals surface area contributed by atoms with Crippen LogP contribution in [0.25, 0.3) is 0 Å². The Bertz CT molecular complexity index is 428. The highest BCUT2D eigenvalue weighted by molar-refractivity contribution is 7.86. The summed E-state index contributed by atoms with van der Waals surface area (Å²) >= 11 is 0. The number of rotatable bonds is 3. The molecule has 2 nitrogen and oxygen atoms in total. The Labute approximate surface area is 79.6 Å². The van der Waals surface area contributed by atoms with Crippen LogP contribution < -0.4 is 0 Å². The Kier molecular flexibility index (Phi) is 3.15. The Balaban J connectivity index is 2.74. The van der Waals surface area contributed by atoms with E-state index in [1.54, 1.807) is 0 Å². The molecule has 14 heavy (non-hydrogen) atoms. The molecule has 0 aromatic heterocycles. The Morgan fingerprint density at radius 3 is 2.29 bits per heavy atom. The van der Waals surface area contributed by atoms with Crippen LogP contribution in [0.4, 0.5) is 12.7 Å². The van der Waals surface area contributed by atoms with Gasteiger partial charge in [0, 0.05) is 0 Å². The normalized spacial score (nSPS) is 11.6. The molecule has 0 saturated heterocycles. The van der Waals surface area contributed by atoms with Crippen LogP contribution in [0.1, 0.15) is 5.56 Å². The highest BCUT2D eigenvalue weighted by atomic mass is 32.3. The van der Waals surface area contributed by atoms with Crippen molar-refractivity contribution in [1.82, 2.24) is 0 Å². The predicted octanol–water partition coefficient (Wildman–Crippen LogP) is 1.81. The van der Waals surface area contributed by atoms with E-state index < -0.39 is 27.6 Å². The van der Waals surface area contributed by atoms with Crippen molar-refractivity contribution in [3.63, 3.8) is 0 Å². The first-order chi connectivity index (χ1) is 6.38. The first-order valence-electron chi connectivity index (χ1n) is 3.75. The highest BCUT2D eigenvalue weighted by Gasteiger charge is 2.08. The van der Waals surface area contributed by atoms with Crippen molar-refractivity contribution in [2.24, 2.45) is 0 Å². The van der Waals surface area contributed by atoms with E-state index >= 15 is 0 Å². The molecule has 0 spiro atoms. The van der Waals surface area contributed by atoms with Gasteiger partial charge in [0.25, 0.3) is 0 Å². The van der Waals surface area contributed by atoms with Gasteiger partial charge in [-0.2, -0.15) is 8.42 Å². The van der Waals surface area contributed by atoms with E-state index in [1.165, 1.54) is 6.07 Å². The lowest BCUT2D eigenvalue weighted by Gasteiger charge is -1.99. The molecule has 0 bridgehead atoms. The van der Waals surface area contributed by atoms with Crippen molar-refractivity contribution >= 4 is 10.2 Å². The van der Waals surface area contributed by atoms with Crippen LogP contribution in [0, 0.1) is 11.6 Å². The second-order valence-electron chi connectivity index (χ2n) is 2.74. The minimum atomic E-state index is -4.56. The first kappa shape index (κ1) is 11.0. The smallest absolute Gasteiger partial charge is 0.204 e. The van der Waals surface area contributed by atoms with E-state index in [9.17, 15) is 21.1 Å². The summed E-state index contributed by atoms with van der Waals surface area (Å²) in [7, 11) is -4.56. The second-order valence-corrected chi connectivity index (χ2v) is 4.23. The van der Waals surface area contributed by atoms with Gasteiger partial charge >= 0.3 is 10.2 Å². The number of hydrogen-bond donors (Lipinski definition) is 0. The van der Waals surface area contributed by atoms with Gasteiger partial charge in [-0.3, -0.25) is 0 Å². The van der Waals surface area contributed by atoms with E-state index in [0.717, 1.165) is 12.1 Å². The molecular formula is C8H7F3O2S. The summed E-state index contributed by atoms with van der Waals surface area (Å²) in [5, 5.41) is 0. The zero-order valence-electron chi connectivity index (χ0n) is 7.00. The molecule has 1 aromatic rings. The monoisotopic (exact) mass is 224 g/mol. The molecule has 1 aromatic carbocycles. The molecule has 0 amide bonds. The van der Waals surface area contributed by atoms with Gasteiger partial charge in [-0.1, -0.05) is 6.07 Å². The lowest BCUT2D eigenvalue weighted by atomic mass is 10.2. The van der Waals surface area contributed by atoms with E-state index in [4.69, 9.17) is 0 Å². The van der Waals surface area contributed by atoms with Crippen molar-refractivity contribution in [2.45, 2.75) is 6.42 Å². The van der Waals surface area contributed by atoms with Gasteiger partial charge in [-0.15, -0.1) is 3.89 Å². The fourth-order valence-electron chi connectivity index (χ4n) is 0.935. The van der Waals surface area contributed by atoms with Crippen LogP contribution in [-0.2, 0) is 16.6 Å². The lowest BCUT2D eigenvalue weighted by molar-refractivity contribution is 0.507. The minimum Gasteiger partial charge on any atom is -0.204 e. The fourth-order valence-corrected chi connectivity index (χ4v) is 1.41. The van der Waals surface area contributed by atoms with E-state index in [1.807, 2.05) is 0 Å². The zero-order valence-corrected chi connectivity index (χ0v) is 7.82. The Morgan fingerprint density at radius 1 is 1.14 bits per heavy atom. The topological polar surface area (TPSA) is 34.1 Å². The quantitative estimate of drug-likeness (QED) is 0.734. The van der Waals surface area contributed by atoms with Gasteiger partial charge < -0.3 is 0 Å². The van der Waals surface area contributed by atoms with Crippen LogP contribution in [0.3, 0.4) is 0 Å². The van der Waals surface area contributed by atoms with Crippen molar-refractivity contribution in [2.75, 3.05) is 5.75 Å². The maximum Gasteiger partial charge on any atom is 0.302 e. The minimum absolute atomic E-state index is 0.171. The molecule has 0 N–H and O–H groups in total. The number of aryl methyl sites for hydroxylation is 1. The summed E-state index contributed by atoms with van der Waals surface area (Å²) in [4.78, 5) is 0. The van der Waals surface area contributed by atoms with Crippen molar-refractivity contribution < 1.29 is 21.1 Å². The van der Waals surface area contributed by atoms with Gasteiger partial charge in [-0.25, -0.2) is 8.78 Å². The Morgan fingerprint density at radius 2 is 1.79 bits per heavy atom. The third kappa shape index (κ3) is 3.37. The molecule has 1 rings (SSSR count). The average Bonchev–Trinajstić information content (AvgIpc) is 2.06. The molecule has 0 aliphatic carbocycles. The second kappa shape index (κ2) is 4.00. The molecule has 0 aliphatic rings. The van der Waals surface area contributed by atoms with Crippen molar-refractivity contribution in [3.05, 3.63) is 35.4 Å². The zero-order chi connectivity index (χ0) is 10.8. The van der Waals surface area contributed by atoms with Crippen molar-refractivity contribution in [1.29, 1.82) is 0 Å². The SMILES string of the molecule is O=S(=O)(F)CCc1ccc(F)c(F)c1. The maximum atomic E-state index is 12.6.